The van der Waals surface area contributed by atoms with Crippen molar-refractivity contribution in [2.24, 2.45) is 0 Å². The van der Waals surface area contributed by atoms with Crippen molar-refractivity contribution in [3.63, 3.8) is 0 Å². The highest BCUT2D eigenvalue weighted by molar-refractivity contribution is 5.90. The molecule has 8 nitrogen and oxygen atoms in total. The van der Waals surface area contributed by atoms with Gasteiger partial charge in [-0.2, -0.15) is 0 Å². The first-order valence-corrected chi connectivity index (χ1v) is 8.36. The standard InChI is InChI=1S/C18H22N2O6/c1-2-19-16(21)11-20-17(22)12-26-18(23)7-5-13-4-6-14-15(10-13)25-9-3-8-24-14/h4-7,10H,2-3,8-9,11-12H2,1H3,(H,19,21)(H,20,22)/b7-5+. The third-order valence-electron chi connectivity index (χ3n) is 3.35. The number of carbonyl (C=O) groups is 3. The van der Waals surface area contributed by atoms with Crippen molar-refractivity contribution in [1.82, 2.24) is 10.6 Å². The van der Waals surface area contributed by atoms with Crippen LogP contribution >= 0.6 is 0 Å². The van der Waals surface area contributed by atoms with Gasteiger partial charge in [0.15, 0.2) is 18.1 Å². The van der Waals surface area contributed by atoms with Crippen molar-refractivity contribution in [3.05, 3.63) is 29.8 Å². The minimum Gasteiger partial charge on any atom is -0.490 e. The molecule has 0 fully saturated rings. The normalized spacial score (nSPS) is 13.0. The fraction of sp³-hybridized carbons (Fsp3) is 0.389. The van der Waals surface area contributed by atoms with Crippen LogP contribution in [-0.2, 0) is 19.1 Å². The Hall–Kier alpha value is -3.03. The number of amides is 2. The summed E-state index contributed by atoms with van der Waals surface area (Å²) in [7, 11) is 0. The molecule has 0 radical (unpaired) electrons. The van der Waals surface area contributed by atoms with Gasteiger partial charge in [0.1, 0.15) is 0 Å². The van der Waals surface area contributed by atoms with Crippen LogP contribution in [0.3, 0.4) is 0 Å². The van der Waals surface area contributed by atoms with Gasteiger partial charge in [-0.15, -0.1) is 0 Å². The molecule has 0 saturated heterocycles. The van der Waals surface area contributed by atoms with Crippen molar-refractivity contribution in [2.75, 3.05) is 32.9 Å². The molecule has 0 bridgehead atoms. The van der Waals surface area contributed by atoms with E-state index in [1.165, 1.54) is 6.08 Å². The number of esters is 1. The van der Waals surface area contributed by atoms with Gasteiger partial charge >= 0.3 is 5.97 Å². The van der Waals surface area contributed by atoms with Crippen LogP contribution < -0.4 is 20.1 Å². The molecule has 8 heteroatoms. The van der Waals surface area contributed by atoms with Crippen LogP contribution in [0.15, 0.2) is 24.3 Å². The number of rotatable bonds is 7. The van der Waals surface area contributed by atoms with Gasteiger partial charge in [-0.3, -0.25) is 9.59 Å². The van der Waals surface area contributed by atoms with Crippen LogP contribution in [0.4, 0.5) is 0 Å². The molecule has 2 amide bonds. The molecule has 0 aliphatic carbocycles. The average molecular weight is 362 g/mol. The quantitative estimate of drug-likeness (QED) is 0.546. The molecule has 0 aromatic heterocycles. The van der Waals surface area contributed by atoms with Crippen molar-refractivity contribution >= 4 is 23.9 Å². The van der Waals surface area contributed by atoms with Crippen LogP contribution in [0.25, 0.3) is 6.08 Å². The van der Waals surface area contributed by atoms with E-state index in [-0.39, 0.29) is 12.5 Å². The molecule has 2 rings (SSSR count). The van der Waals surface area contributed by atoms with Gasteiger partial charge in [0.25, 0.3) is 5.91 Å². The molecule has 1 heterocycles. The summed E-state index contributed by atoms with van der Waals surface area (Å²) in [6.07, 6.45) is 3.59. The molecule has 1 aliphatic rings. The third kappa shape index (κ3) is 6.46. The second-order valence-corrected chi connectivity index (χ2v) is 5.43. The Labute approximate surface area is 151 Å². The molecule has 26 heavy (non-hydrogen) atoms. The molecule has 1 aliphatic heterocycles. The summed E-state index contributed by atoms with van der Waals surface area (Å²) in [5, 5.41) is 4.89. The lowest BCUT2D eigenvalue weighted by Gasteiger charge is -2.07. The van der Waals surface area contributed by atoms with Crippen molar-refractivity contribution in [2.45, 2.75) is 13.3 Å². The van der Waals surface area contributed by atoms with Crippen LogP contribution in [0, 0.1) is 0 Å². The number of nitrogens with one attached hydrogen (secondary N) is 2. The van der Waals surface area contributed by atoms with E-state index in [1.54, 1.807) is 31.2 Å². The van der Waals surface area contributed by atoms with Crippen LogP contribution in [0.2, 0.25) is 0 Å². The van der Waals surface area contributed by atoms with Crippen molar-refractivity contribution in [3.8, 4) is 11.5 Å². The molecule has 0 atom stereocenters. The molecule has 140 valence electrons. The van der Waals surface area contributed by atoms with E-state index < -0.39 is 18.5 Å². The Morgan fingerprint density at radius 3 is 2.65 bits per heavy atom. The van der Waals surface area contributed by atoms with Gasteiger partial charge in [0, 0.05) is 19.0 Å². The number of hydrogen-bond acceptors (Lipinski definition) is 6. The first-order chi connectivity index (χ1) is 12.6. The minimum atomic E-state index is -0.662. The summed E-state index contributed by atoms with van der Waals surface area (Å²) in [5.41, 5.74) is 0.742. The lowest BCUT2D eigenvalue weighted by Crippen LogP contribution is -2.38. The number of likely N-dealkylation sites (N-methyl/N-ethyl adjacent to an activating group) is 1. The summed E-state index contributed by atoms with van der Waals surface area (Å²) in [5.74, 6) is -0.214. The average Bonchev–Trinajstić information content (AvgIpc) is 2.88. The summed E-state index contributed by atoms with van der Waals surface area (Å²) >= 11 is 0. The van der Waals surface area contributed by atoms with Gasteiger partial charge in [-0.05, 0) is 30.7 Å². The van der Waals surface area contributed by atoms with Crippen LogP contribution in [0.1, 0.15) is 18.9 Å². The highest BCUT2D eigenvalue weighted by Gasteiger charge is 2.10. The molecule has 1 aromatic rings. The maximum Gasteiger partial charge on any atom is 0.331 e. The van der Waals surface area contributed by atoms with E-state index in [9.17, 15) is 14.4 Å². The SMILES string of the molecule is CCNC(=O)CNC(=O)COC(=O)/C=C/c1ccc2c(c1)OCCCO2. The molecule has 2 N–H and O–H groups in total. The Kier molecular flexibility index (Phi) is 7.48. The second kappa shape index (κ2) is 10.1. The topological polar surface area (TPSA) is 103 Å². The fourth-order valence-electron chi connectivity index (χ4n) is 2.12. The maximum absolute atomic E-state index is 11.7. The Bertz CT molecular complexity index is 686. The Morgan fingerprint density at radius 1 is 1.12 bits per heavy atom. The van der Waals surface area contributed by atoms with Crippen LogP contribution in [-0.4, -0.2) is 50.7 Å². The van der Waals surface area contributed by atoms with Crippen molar-refractivity contribution < 1.29 is 28.6 Å². The van der Waals surface area contributed by atoms with E-state index >= 15 is 0 Å². The molecular weight excluding hydrogens is 340 g/mol. The zero-order valence-electron chi connectivity index (χ0n) is 14.6. The van der Waals surface area contributed by atoms with Gasteiger partial charge in [-0.1, -0.05) is 6.07 Å². The summed E-state index contributed by atoms with van der Waals surface area (Å²) in [6.45, 7) is 2.83. The zero-order valence-corrected chi connectivity index (χ0v) is 14.6. The Morgan fingerprint density at radius 2 is 1.88 bits per heavy atom. The van der Waals surface area contributed by atoms with E-state index in [0.29, 0.717) is 31.3 Å². The van der Waals surface area contributed by atoms with E-state index in [2.05, 4.69) is 10.6 Å². The molecule has 0 spiro atoms. The number of benzene rings is 1. The lowest BCUT2D eigenvalue weighted by molar-refractivity contribution is -0.143. The van der Waals surface area contributed by atoms with E-state index in [0.717, 1.165) is 12.0 Å². The number of ether oxygens (including phenoxy) is 3. The summed E-state index contributed by atoms with van der Waals surface area (Å²) in [4.78, 5) is 34.4. The van der Waals surface area contributed by atoms with Gasteiger partial charge in [-0.25, -0.2) is 4.79 Å². The predicted octanol–water partition coefficient (Wildman–Crippen LogP) is 0.657. The molecule has 0 unspecified atom stereocenters. The monoisotopic (exact) mass is 362 g/mol. The predicted molar refractivity (Wildman–Crippen MR) is 93.7 cm³/mol. The number of fused-ring (bicyclic) bond motifs is 1. The molecule has 0 saturated carbocycles. The smallest absolute Gasteiger partial charge is 0.331 e. The van der Waals surface area contributed by atoms with Gasteiger partial charge in [0.05, 0.1) is 19.8 Å². The first-order valence-electron chi connectivity index (χ1n) is 8.36. The van der Waals surface area contributed by atoms with E-state index in [1.807, 2.05) is 0 Å². The molecule has 1 aromatic carbocycles. The van der Waals surface area contributed by atoms with Gasteiger partial charge in [0.2, 0.25) is 5.91 Å². The fourth-order valence-corrected chi connectivity index (χ4v) is 2.12. The first kappa shape index (κ1) is 19.3. The highest BCUT2D eigenvalue weighted by Crippen LogP contribution is 2.30. The summed E-state index contributed by atoms with van der Waals surface area (Å²) < 4.78 is 15.9. The second-order valence-electron chi connectivity index (χ2n) is 5.43. The summed E-state index contributed by atoms with van der Waals surface area (Å²) in [6, 6.07) is 5.33. The third-order valence-corrected chi connectivity index (χ3v) is 3.35. The molecular formula is C18H22N2O6. The van der Waals surface area contributed by atoms with Crippen LogP contribution in [0.5, 0.6) is 11.5 Å². The lowest BCUT2D eigenvalue weighted by atomic mass is 10.2. The highest BCUT2D eigenvalue weighted by atomic mass is 16.5. The number of carbonyl (C=O) groups excluding carboxylic acids is 3. The van der Waals surface area contributed by atoms with Crippen molar-refractivity contribution in [1.29, 1.82) is 0 Å². The zero-order chi connectivity index (χ0) is 18.8. The van der Waals surface area contributed by atoms with E-state index in [4.69, 9.17) is 14.2 Å². The number of hydrogen-bond donors (Lipinski definition) is 2. The Balaban J connectivity index is 1.77. The minimum absolute atomic E-state index is 0.155. The maximum atomic E-state index is 11.7. The largest absolute Gasteiger partial charge is 0.490 e. The van der Waals surface area contributed by atoms with Gasteiger partial charge < -0.3 is 24.8 Å².